The number of aromatic nitrogens is 1. The van der Waals surface area contributed by atoms with E-state index < -0.39 is 5.97 Å². The lowest BCUT2D eigenvalue weighted by molar-refractivity contribution is 0.0691. The number of rotatable bonds is 2. The highest BCUT2D eigenvalue weighted by atomic mass is 16.4. The third-order valence-electron chi connectivity index (χ3n) is 1.32. The molecule has 0 amide bonds. The Labute approximate surface area is 69.6 Å². The molecule has 0 bridgehead atoms. The summed E-state index contributed by atoms with van der Waals surface area (Å²) < 4.78 is 5.07. The number of oxazole rings is 1. The van der Waals surface area contributed by atoms with Gasteiger partial charge >= 0.3 is 5.97 Å². The lowest BCUT2D eigenvalue weighted by Crippen LogP contribution is -2.12. The average molecular weight is 170 g/mol. The van der Waals surface area contributed by atoms with Gasteiger partial charge in [0.15, 0.2) is 5.89 Å². The summed E-state index contributed by atoms with van der Waals surface area (Å²) in [4.78, 5) is 15.9. The summed E-state index contributed by atoms with van der Waals surface area (Å²) in [6, 6.07) is 0. The van der Waals surface area contributed by atoms with Gasteiger partial charge in [0.1, 0.15) is 0 Å². The van der Waals surface area contributed by atoms with E-state index in [4.69, 9.17) is 9.52 Å². The van der Waals surface area contributed by atoms with E-state index in [9.17, 15) is 4.79 Å². The summed E-state index contributed by atoms with van der Waals surface area (Å²) in [6.45, 7) is 1.61. The number of aryl methyl sites for hydroxylation is 1. The van der Waals surface area contributed by atoms with Crippen LogP contribution >= 0.6 is 0 Å². The Morgan fingerprint density at radius 2 is 2.17 bits per heavy atom. The highest BCUT2D eigenvalue weighted by Gasteiger charge is 2.18. The molecular weight excluding hydrogens is 160 g/mol. The Bertz CT molecular complexity index is 304. The minimum atomic E-state index is -1.07. The van der Waals surface area contributed by atoms with Crippen molar-refractivity contribution in [1.29, 1.82) is 0 Å². The molecule has 1 rings (SSSR count). The second-order valence-corrected chi connectivity index (χ2v) is 2.59. The van der Waals surface area contributed by atoms with Crippen molar-refractivity contribution in [2.75, 3.05) is 19.0 Å². The summed E-state index contributed by atoms with van der Waals surface area (Å²) in [5, 5.41) is 8.68. The topological polar surface area (TPSA) is 66.6 Å². The van der Waals surface area contributed by atoms with Crippen LogP contribution in [0.3, 0.4) is 0 Å². The summed E-state index contributed by atoms with van der Waals surface area (Å²) in [5.41, 5.74) is -0.0440. The monoisotopic (exact) mass is 170 g/mol. The number of carboxylic acid groups (broad SMARTS) is 1. The van der Waals surface area contributed by atoms with Crippen LogP contribution in [0.1, 0.15) is 16.4 Å². The fraction of sp³-hybridized carbons (Fsp3) is 0.429. The van der Waals surface area contributed by atoms with Crippen molar-refractivity contribution < 1.29 is 14.3 Å². The maximum absolute atomic E-state index is 10.6. The van der Waals surface area contributed by atoms with Crippen molar-refractivity contribution in [2.24, 2.45) is 0 Å². The quantitative estimate of drug-likeness (QED) is 0.709. The van der Waals surface area contributed by atoms with Crippen molar-refractivity contribution in [3.05, 3.63) is 11.6 Å². The molecule has 0 atom stereocenters. The van der Waals surface area contributed by atoms with Crippen molar-refractivity contribution in [3.63, 3.8) is 0 Å². The van der Waals surface area contributed by atoms with E-state index in [1.807, 2.05) is 0 Å². The van der Waals surface area contributed by atoms with Gasteiger partial charge in [-0.2, -0.15) is 0 Å². The molecule has 0 unspecified atom stereocenters. The van der Waals surface area contributed by atoms with E-state index in [-0.39, 0.29) is 11.6 Å². The lowest BCUT2D eigenvalue weighted by Gasteiger charge is -2.06. The number of aromatic carboxylic acids is 1. The van der Waals surface area contributed by atoms with E-state index in [0.29, 0.717) is 5.89 Å². The van der Waals surface area contributed by atoms with Crippen LogP contribution in [0.2, 0.25) is 0 Å². The Morgan fingerprint density at radius 1 is 1.58 bits per heavy atom. The minimum absolute atomic E-state index is 0.0440. The minimum Gasteiger partial charge on any atom is -0.476 e. The largest absolute Gasteiger partial charge is 0.476 e. The molecule has 1 aromatic rings. The first-order chi connectivity index (χ1) is 5.52. The van der Waals surface area contributed by atoms with Crippen LogP contribution < -0.4 is 4.90 Å². The molecule has 0 saturated heterocycles. The van der Waals surface area contributed by atoms with E-state index in [2.05, 4.69) is 4.98 Å². The second kappa shape index (κ2) is 2.84. The molecule has 5 heteroatoms. The predicted octanol–water partition coefficient (Wildman–Crippen LogP) is 0.747. The Balaban J connectivity index is 3.17. The lowest BCUT2D eigenvalue weighted by atomic mass is 10.4. The number of nitrogens with zero attached hydrogens (tertiary/aromatic N) is 2. The van der Waals surface area contributed by atoms with E-state index in [1.165, 1.54) is 0 Å². The van der Waals surface area contributed by atoms with Crippen LogP contribution in [0.4, 0.5) is 5.88 Å². The molecule has 0 aliphatic carbocycles. The Kier molecular flexibility index (Phi) is 2.03. The molecule has 1 aromatic heterocycles. The van der Waals surface area contributed by atoms with Gasteiger partial charge in [0.05, 0.1) is 0 Å². The molecule has 0 spiro atoms. The molecule has 5 nitrogen and oxygen atoms in total. The Morgan fingerprint density at radius 3 is 2.50 bits per heavy atom. The SMILES string of the molecule is Cc1nc(C(=O)O)c(N(C)C)o1. The van der Waals surface area contributed by atoms with Crippen molar-refractivity contribution >= 4 is 11.9 Å². The molecule has 0 aliphatic rings. The van der Waals surface area contributed by atoms with Crippen molar-refractivity contribution in [2.45, 2.75) is 6.92 Å². The first kappa shape index (κ1) is 8.58. The summed E-state index contributed by atoms with van der Waals surface area (Å²) in [5.74, 6) is -0.438. The van der Waals surface area contributed by atoms with E-state index in [1.54, 1.807) is 25.9 Å². The van der Waals surface area contributed by atoms with Gasteiger partial charge in [0.25, 0.3) is 0 Å². The number of carboxylic acids is 1. The van der Waals surface area contributed by atoms with E-state index >= 15 is 0 Å². The fourth-order valence-corrected chi connectivity index (χ4v) is 0.859. The van der Waals surface area contributed by atoms with Crippen LogP contribution in [0.5, 0.6) is 0 Å². The first-order valence-electron chi connectivity index (χ1n) is 3.40. The van der Waals surface area contributed by atoms with Crippen LogP contribution in [0, 0.1) is 6.92 Å². The smallest absolute Gasteiger partial charge is 0.360 e. The zero-order valence-corrected chi connectivity index (χ0v) is 7.16. The van der Waals surface area contributed by atoms with Crippen LogP contribution in [0.25, 0.3) is 0 Å². The molecule has 0 aliphatic heterocycles. The maximum Gasteiger partial charge on any atom is 0.360 e. The van der Waals surface area contributed by atoms with Crippen LogP contribution in [0.15, 0.2) is 4.42 Å². The maximum atomic E-state index is 10.6. The van der Waals surface area contributed by atoms with E-state index in [0.717, 1.165) is 0 Å². The summed E-state index contributed by atoms with van der Waals surface area (Å²) in [6.07, 6.45) is 0. The van der Waals surface area contributed by atoms with Crippen LogP contribution in [-0.4, -0.2) is 30.2 Å². The molecule has 1 heterocycles. The number of anilines is 1. The third kappa shape index (κ3) is 1.39. The van der Waals surface area contributed by atoms with Gasteiger partial charge in [0.2, 0.25) is 11.6 Å². The fourth-order valence-electron chi connectivity index (χ4n) is 0.859. The zero-order chi connectivity index (χ0) is 9.30. The molecule has 0 saturated carbocycles. The van der Waals surface area contributed by atoms with Gasteiger partial charge in [-0.1, -0.05) is 0 Å². The highest BCUT2D eigenvalue weighted by Crippen LogP contribution is 2.18. The first-order valence-corrected chi connectivity index (χ1v) is 3.40. The molecule has 1 N–H and O–H groups in total. The number of hydrogen-bond donors (Lipinski definition) is 1. The molecule has 0 fully saturated rings. The average Bonchev–Trinajstić information content (AvgIpc) is 2.31. The molecule has 0 radical (unpaired) electrons. The van der Waals surface area contributed by atoms with Crippen molar-refractivity contribution in [3.8, 4) is 0 Å². The second-order valence-electron chi connectivity index (χ2n) is 2.59. The summed E-state index contributed by atoms with van der Waals surface area (Å²) >= 11 is 0. The normalized spacial score (nSPS) is 9.92. The van der Waals surface area contributed by atoms with Gasteiger partial charge in [-0.15, -0.1) is 0 Å². The Hall–Kier alpha value is -1.52. The standard InChI is InChI=1S/C7H10N2O3/c1-4-8-5(7(10)11)6(12-4)9(2)3/h1-3H3,(H,10,11). The molecule has 66 valence electrons. The molecule has 0 aromatic carbocycles. The molecule has 12 heavy (non-hydrogen) atoms. The van der Waals surface area contributed by atoms with Gasteiger partial charge in [-0.05, 0) is 0 Å². The number of carbonyl (C=O) groups is 1. The third-order valence-corrected chi connectivity index (χ3v) is 1.32. The van der Waals surface area contributed by atoms with Gasteiger partial charge in [-0.3, -0.25) is 0 Å². The molecular formula is C7H10N2O3. The van der Waals surface area contributed by atoms with Crippen LogP contribution in [-0.2, 0) is 0 Å². The van der Waals surface area contributed by atoms with Crippen molar-refractivity contribution in [1.82, 2.24) is 4.98 Å². The highest BCUT2D eigenvalue weighted by molar-refractivity contribution is 5.90. The van der Waals surface area contributed by atoms with Gasteiger partial charge in [-0.25, -0.2) is 9.78 Å². The predicted molar refractivity (Wildman–Crippen MR) is 42.5 cm³/mol. The van der Waals surface area contributed by atoms with Gasteiger partial charge < -0.3 is 14.4 Å². The summed E-state index contributed by atoms with van der Waals surface area (Å²) in [7, 11) is 3.40. The van der Waals surface area contributed by atoms with Gasteiger partial charge in [0, 0.05) is 21.0 Å². The number of hydrogen-bond acceptors (Lipinski definition) is 4. The zero-order valence-electron chi connectivity index (χ0n) is 7.16.